The summed E-state index contributed by atoms with van der Waals surface area (Å²) in [6.07, 6.45) is -0.0287. The molecule has 2 N–H and O–H groups in total. The Morgan fingerprint density at radius 1 is 1.07 bits per heavy atom. The Balaban J connectivity index is 1.48. The summed E-state index contributed by atoms with van der Waals surface area (Å²) in [7, 11) is 0. The van der Waals surface area contributed by atoms with Crippen molar-refractivity contribution in [3.63, 3.8) is 0 Å². The van der Waals surface area contributed by atoms with Crippen molar-refractivity contribution in [3.8, 4) is 11.1 Å². The second kappa shape index (κ2) is 7.55. The van der Waals surface area contributed by atoms with Gasteiger partial charge < -0.3 is 14.9 Å². The first-order valence-electron chi connectivity index (χ1n) is 8.36. The van der Waals surface area contributed by atoms with Crippen LogP contribution in [0.1, 0.15) is 16.8 Å². The number of thiazole rings is 1. The van der Waals surface area contributed by atoms with E-state index in [0.29, 0.717) is 24.6 Å². The van der Waals surface area contributed by atoms with E-state index in [2.05, 4.69) is 44.2 Å². The molecule has 0 aliphatic heterocycles. The monoisotopic (exact) mass is 380 g/mol. The Labute approximate surface area is 158 Å². The molecule has 0 fully saturated rings. The fourth-order valence-electron chi connectivity index (χ4n) is 2.69. The van der Waals surface area contributed by atoms with E-state index < -0.39 is 6.09 Å². The molecular weight excluding hydrogens is 364 g/mol. The fraction of sp³-hybridized carbons (Fsp3) is 0.158. The molecule has 2 aromatic carbocycles. The number of ether oxygens (including phenoxy) is 1. The van der Waals surface area contributed by atoms with Crippen LogP contribution in [0.4, 0.5) is 4.79 Å². The number of primary amides is 1. The van der Waals surface area contributed by atoms with Crippen LogP contribution in [0.2, 0.25) is 0 Å². The molecule has 136 valence electrons. The molecule has 0 radical (unpaired) electrons. The summed E-state index contributed by atoms with van der Waals surface area (Å²) in [6.45, 7) is 0.111. The minimum Gasteiger partial charge on any atom is -0.449 e. The van der Waals surface area contributed by atoms with Crippen LogP contribution in [-0.4, -0.2) is 27.9 Å². The van der Waals surface area contributed by atoms with Crippen LogP contribution in [0.5, 0.6) is 0 Å². The molecule has 27 heavy (non-hydrogen) atoms. The number of aromatic nitrogens is 3. The van der Waals surface area contributed by atoms with Crippen molar-refractivity contribution >= 4 is 27.6 Å². The van der Waals surface area contributed by atoms with Crippen molar-refractivity contribution in [2.24, 2.45) is 5.73 Å². The Hall–Kier alpha value is -3.26. The third-order valence-corrected chi connectivity index (χ3v) is 4.93. The van der Waals surface area contributed by atoms with Gasteiger partial charge in [0.2, 0.25) is 11.8 Å². The van der Waals surface area contributed by atoms with Gasteiger partial charge in [-0.1, -0.05) is 36.4 Å². The molecule has 0 saturated heterocycles. The lowest BCUT2D eigenvalue weighted by molar-refractivity contribution is 0.155. The molecule has 0 saturated carbocycles. The zero-order valence-electron chi connectivity index (χ0n) is 14.3. The largest absolute Gasteiger partial charge is 0.449 e. The van der Waals surface area contributed by atoms with E-state index in [4.69, 9.17) is 10.2 Å². The molecule has 1 amide bonds. The van der Waals surface area contributed by atoms with E-state index in [1.807, 2.05) is 24.3 Å². The van der Waals surface area contributed by atoms with Gasteiger partial charge in [0.15, 0.2) is 0 Å². The lowest BCUT2D eigenvalue weighted by Gasteiger charge is -2.00. The first kappa shape index (κ1) is 17.2. The van der Waals surface area contributed by atoms with Gasteiger partial charge >= 0.3 is 6.09 Å². The number of fused-ring (bicyclic) bond motifs is 1. The second-order valence-corrected chi connectivity index (χ2v) is 6.96. The van der Waals surface area contributed by atoms with Gasteiger partial charge in [-0.15, -0.1) is 21.5 Å². The number of hydrogen-bond donors (Lipinski definition) is 1. The molecule has 0 unspecified atom stereocenters. The molecule has 0 spiro atoms. The maximum atomic E-state index is 10.6. The number of carbonyl (C=O) groups is 1. The molecule has 7 nitrogen and oxygen atoms in total. The van der Waals surface area contributed by atoms with E-state index in [1.165, 1.54) is 5.56 Å². The van der Waals surface area contributed by atoms with Crippen LogP contribution in [0.15, 0.2) is 52.9 Å². The van der Waals surface area contributed by atoms with Gasteiger partial charge in [0.25, 0.3) is 0 Å². The van der Waals surface area contributed by atoms with E-state index in [0.717, 1.165) is 20.8 Å². The van der Waals surface area contributed by atoms with Crippen LogP contribution < -0.4 is 5.73 Å². The highest BCUT2D eigenvalue weighted by atomic mass is 32.1. The quantitative estimate of drug-likeness (QED) is 0.548. The SMILES string of the molecule is NC(=O)OCCc1nnc(Cc2nc3ccc(-c4ccccc4)cc3s2)o1. The molecular formula is C19H16N4O3S. The summed E-state index contributed by atoms with van der Waals surface area (Å²) in [5, 5.41) is 8.87. The summed E-state index contributed by atoms with van der Waals surface area (Å²) >= 11 is 1.61. The van der Waals surface area contributed by atoms with Crippen LogP contribution in [0.3, 0.4) is 0 Å². The van der Waals surface area contributed by atoms with Crippen LogP contribution in [-0.2, 0) is 17.6 Å². The van der Waals surface area contributed by atoms with Crippen LogP contribution in [0.25, 0.3) is 21.3 Å². The number of nitrogens with zero attached hydrogens (tertiary/aromatic N) is 3. The van der Waals surface area contributed by atoms with Gasteiger partial charge in [-0.2, -0.15) is 0 Å². The van der Waals surface area contributed by atoms with Gasteiger partial charge in [0.05, 0.1) is 23.1 Å². The van der Waals surface area contributed by atoms with Crippen molar-refractivity contribution in [1.29, 1.82) is 0 Å². The highest BCUT2D eigenvalue weighted by Gasteiger charge is 2.12. The average molecular weight is 380 g/mol. The molecule has 4 aromatic rings. The molecule has 4 rings (SSSR count). The van der Waals surface area contributed by atoms with Crippen molar-refractivity contribution in [1.82, 2.24) is 15.2 Å². The first-order valence-corrected chi connectivity index (χ1v) is 9.17. The summed E-state index contributed by atoms with van der Waals surface area (Å²) in [4.78, 5) is 15.2. The van der Waals surface area contributed by atoms with Crippen LogP contribution in [0, 0.1) is 0 Å². The van der Waals surface area contributed by atoms with E-state index in [9.17, 15) is 4.79 Å². The molecule has 2 aromatic heterocycles. The molecule has 8 heteroatoms. The van der Waals surface area contributed by atoms with Gasteiger partial charge in [0.1, 0.15) is 11.6 Å². The van der Waals surface area contributed by atoms with Crippen LogP contribution >= 0.6 is 11.3 Å². The molecule has 0 aliphatic rings. The first-order chi connectivity index (χ1) is 13.2. The van der Waals surface area contributed by atoms with E-state index >= 15 is 0 Å². The predicted molar refractivity (Wildman–Crippen MR) is 101 cm³/mol. The summed E-state index contributed by atoms with van der Waals surface area (Å²) in [5.74, 6) is 0.880. The van der Waals surface area contributed by atoms with Gasteiger partial charge in [0, 0.05) is 0 Å². The number of amides is 1. The molecule has 0 aliphatic carbocycles. The summed E-state index contributed by atoms with van der Waals surface area (Å²) in [6, 6.07) is 16.5. The topological polar surface area (TPSA) is 104 Å². The maximum Gasteiger partial charge on any atom is 0.404 e. The molecule has 0 atom stereocenters. The normalized spacial score (nSPS) is 11.0. The van der Waals surface area contributed by atoms with Crippen molar-refractivity contribution in [2.75, 3.05) is 6.61 Å². The van der Waals surface area contributed by atoms with Gasteiger partial charge in [-0.05, 0) is 23.3 Å². The van der Waals surface area contributed by atoms with Gasteiger partial charge in [-0.25, -0.2) is 9.78 Å². The number of hydrogen-bond acceptors (Lipinski definition) is 7. The maximum absolute atomic E-state index is 10.6. The van der Waals surface area contributed by atoms with E-state index in [-0.39, 0.29) is 6.61 Å². The average Bonchev–Trinajstić information content (AvgIpc) is 3.28. The standard InChI is InChI=1S/C19H16N4O3S/c20-19(24)25-9-8-16-22-23-17(26-16)11-18-21-14-7-6-13(10-15(14)27-18)12-4-2-1-3-5-12/h1-7,10H,8-9,11H2,(H2,20,24). The summed E-state index contributed by atoms with van der Waals surface area (Å²) < 4.78 is 11.3. The second-order valence-electron chi connectivity index (χ2n) is 5.84. The molecule has 0 bridgehead atoms. The number of rotatable bonds is 6. The number of nitrogens with two attached hydrogens (primary N) is 1. The Morgan fingerprint density at radius 3 is 2.70 bits per heavy atom. The Bertz CT molecular complexity index is 1070. The highest BCUT2D eigenvalue weighted by Crippen LogP contribution is 2.29. The fourth-order valence-corrected chi connectivity index (χ4v) is 3.68. The predicted octanol–water partition coefficient (Wildman–Crippen LogP) is 3.57. The highest BCUT2D eigenvalue weighted by molar-refractivity contribution is 7.18. The smallest absolute Gasteiger partial charge is 0.404 e. The van der Waals surface area contributed by atoms with Crippen molar-refractivity contribution < 1.29 is 13.9 Å². The third kappa shape index (κ3) is 4.12. The minimum absolute atomic E-state index is 0.111. The minimum atomic E-state index is -0.820. The number of benzene rings is 2. The van der Waals surface area contributed by atoms with Crippen molar-refractivity contribution in [3.05, 3.63) is 65.3 Å². The Morgan fingerprint density at radius 2 is 1.89 bits per heavy atom. The van der Waals surface area contributed by atoms with Crippen molar-refractivity contribution in [2.45, 2.75) is 12.8 Å². The zero-order valence-corrected chi connectivity index (χ0v) is 15.1. The number of carbonyl (C=O) groups excluding carboxylic acids is 1. The lowest BCUT2D eigenvalue weighted by atomic mass is 10.1. The zero-order chi connectivity index (χ0) is 18.6. The lowest BCUT2D eigenvalue weighted by Crippen LogP contribution is -2.14. The van der Waals surface area contributed by atoms with Gasteiger partial charge in [-0.3, -0.25) is 0 Å². The van der Waals surface area contributed by atoms with E-state index in [1.54, 1.807) is 11.3 Å². The summed E-state index contributed by atoms with van der Waals surface area (Å²) in [5.41, 5.74) is 8.20. The molecule has 2 heterocycles. The third-order valence-electron chi connectivity index (χ3n) is 3.91. The Kier molecular flexibility index (Phi) is 4.80.